The molecular formula is C16H25BrN4. The zero-order valence-electron chi connectivity index (χ0n) is 13.2. The molecule has 3 unspecified atom stereocenters. The first-order valence-electron chi connectivity index (χ1n) is 8.17. The molecule has 1 N–H and O–H groups in total. The topological polar surface area (TPSA) is 42.7 Å². The third kappa shape index (κ3) is 2.03. The van der Waals surface area contributed by atoms with Gasteiger partial charge in [0, 0.05) is 7.05 Å². The van der Waals surface area contributed by atoms with Crippen LogP contribution in [-0.2, 0) is 7.05 Å². The van der Waals surface area contributed by atoms with E-state index in [1.807, 2.05) is 11.7 Å². The largest absolute Gasteiger partial charge is 0.311 e. The van der Waals surface area contributed by atoms with Gasteiger partial charge in [-0.1, -0.05) is 12.1 Å². The fourth-order valence-corrected chi connectivity index (χ4v) is 7.07. The second-order valence-corrected chi connectivity index (χ2v) is 9.00. The maximum Gasteiger partial charge on any atom is 0.153 e. The van der Waals surface area contributed by atoms with Gasteiger partial charge in [-0.2, -0.15) is 0 Å². The lowest BCUT2D eigenvalue weighted by atomic mass is 9.43. The monoisotopic (exact) mass is 352 g/mol. The van der Waals surface area contributed by atoms with Gasteiger partial charge in [0.15, 0.2) is 4.60 Å². The van der Waals surface area contributed by atoms with Crippen LogP contribution >= 0.6 is 15.9 Å². The number of halogens is 1. The van der Waals surface area contributed by atoms with Crippen LogP contribution in [-0.4, -0.2) is 22.0 Å². The average Bonchev–Trinajstić information content (AvgIpc) is 2.68. The van der Waals surface area contributed by atoms with Crippen molar-refractivity contribution in [3.8, 4) is 0 Å². The standard InChI is InChI=1S/C16H25BrN4/c1-15-5-10-4-11(6-15)8-16(7-10,9-15)13(18-2)12-14(17)19-20-21(12)3/h10-11,13,18H,4-9H2,1-3H3. The molecule has 0 aromatic carbocycles. The molecule has 5 rings (SSSR count). The molecule has 21 heavy (non-hydrogen) atoms. The summed E-state index contributed by atoms with van der Waals surface area (Å²) < 4.78 is 2.86. The molecule has 4 fully saturated rings. The third-order valence-corrected chi connectivity index (χ3v) is 6.96. The molecule has 116 valence electrons. The molecule has 0 spiro atoms. The maximum atomic E-state index is 4.22. The Morgan fingerprint density at radius 2 is 1.95 bits per heavy atom. The molecule has 3 atom stereocenters. The summed E-state index contributed by atoms with van der Waals surface area (Å²) in [5, 5.41) is 12.1. The SMILES string of the molecule is CNC(c1c(Br)nnn1C)C12CC3CC(CC(C)(C3)C1)C2. The summed E-state index contributed by atoms with van der Waals surface area (Å²) in [6.07, 6.45) is 8.48. The number of nitrogens with one attached hydrogen (secondary N) is 1. The Morgan fingerprint density at radius 1 is 1.29 bits per heavy atom. The van der Waals surface area contributed by atoms with Gasteiger partial charge >= 0.3 is 0 Å². The molecule has 0 radical (unpaired) electrons. The highest BCUT2D eigenvalue weighted by Gasteiger charge is 2.59. The lowest BCUT2D eigenvalue weighted by Crippen LogP contribution is -2.55. The van der Waals surface area contributed by atoms with Gasteiger partial charge in [0.1, 0.15) is 0 Å². The highest BCUT2D eigenvalue weighted by molar-refractivity contribution is 9.10. The highest BCUT2D eigenvalue weighted by Crippen LogP contribution is 2.68. The Bertz CT molecular complexity index is 533. The lowest BCUT2D eigenvalue weighted by molar-refractivity contribution is -0.119. The highest BCUT2D eigenvalue weighted by atomic mass is 79.9. The van der Waals surface area contributed by atoms with Crippen LogP contribution in [0.4, 0.5) is 0 Å². The Balaban J connectivity index is 1.77. The van der Waals surface area contributed by atoms with Crippen molar-refractivity contribution < 1.29 is 0 Å². The maximum absolute atomic E-state index is 4.22. The van der Waals surface area contributed by atoms with E-state index < -0.39 is 0 Å². The summed E-state index contributed by atoms with van der Waals surface area (Å²) in [5.74, 6) is 1.87. The van der Waals surface area contributed by atoms with Crippen LogP contribution in [0.3, 0.4) is 0 Å². The number of hydrogen-bond donors (Lipinski definition) is 1. The van der Waals surface area contributed by atoms with Crippen molar-refractivity contribution in [2.45, 2.75) is 51.5 Å². The van der Waals surface area contributed by atoms with E-state index in [-0.39, 0.29) is 0 Å². The summed E-state index contributed by atoms with van der Waals surface area (Å²) in [4.78, 5) is 0. The number of aromatic nitrogens is 3. The van der Waals surface area contributed by atoms with E-state index in [9.17, 15) is 0 Å². The van der Waals surface area contributed by atoms with Crippen LogP contribution in [0.5, 0.6) is 0 Å². The average molecular weight is 353 g/mol. The van der Waals surface area contributed by atoms with E-state index in [0.717, 1.165) is 16.4 Å². The Morgan fingerprint density at radius 3 is 2.43 bits per heavy atom. The van der Waals surface area contributed by atoms with Crippen LogP contribution in [0, 0.1) is 22.7 Å². The minimum atomic E-state index is 0.358. The van der Waals surface area contributed by atoms with Crippen LogP contribution in [0.25, 0.3) is 0 Å². The summed E-state index contributed by atoms with van der Waals surface area (Å²) in [7, 11) is 4.12. The minimum Gasteiger partial charge on any atom is -0.311 e. The molecule has 4 aliphatic carbocycles. The van der Waals surface area contributed by atoms with Crippen LogP contribution in [0.1, 0.15) is 57.2 Å². The van der Waals surface area contributed by atoms with Crippen molar-refractivity contribution in [2.75, 3.05) is 7.05 Å². The van der Waals surface area contributed by atoms with Gasteiger partial charge in [-0.15, -0.1) is 5.10 Å². The first kappa shape index (κ1) is 14.2. The number of nitrogens with zero attached hydrogens (tertiary/aromatic N) is 3. The van der Waals surface area contributed by atoms with Crippen molar-refractivity contribution in [2.24, 2.45) is 29.7 Å². The van der Waals surface area contributed by atoms with E-state index in [2.05, 4.69) is 45.5 Å². The molecule has 4 aliphatic rings. The molecule has 4 saturated carbocycles. The van der Waals surface area contributed by atoms with Crippen LogP contribution in [0.15, 0.2) is 4.60 Å². The number of hydrogen-bond acceptors (Lipinski definition) is 3. The molecule has 0 saturated heterocycles. The molecule has 1 heterocycles. The van der Waals surface area contributed by atoms with Crippen LogP contribution < -0.4 is 5.32 Å². The van der Waals surface area contributed by atoms with Gasteiger partial charge in [0.25, 0.3) is 0 Å². The van der Waals surface area contributed by atoms with Crippen molar-refractivity contribution >= 4 is 15.9 Å². The molecular weight excluding hydrogens is 328 g/mol. The second-order valence-electron chi connectivity index (χ2n) is 8.24. The number of aryl methyl sites for hydroxylation is 1. The van der Waals surface area contributed by atoms with E-state index in [0.29, 0.717) is 16.9 Å². The molecule has 4 nitrogen and oxygen atoms in total. The smallest absolute Gasteiger partial charge is 0.153 e. The predicted molar refractivity (Wildman–Crippen MR) is 85.7 cm³/mol. The normalized spacial score (nSPS) is 42.5. The summed E-state index contributed by atoms with van der Waals surface area (Å²) >= 11 is 3.62. The van der Waals surface area contributed by atoms with Crippen molar-refractivity contribution in [1.82, 2.24) is 20.3 Å². The van der Waals surface area contributed by atoms with E-state index >= 15 is 0 Å². The Labute approximate surface area is 135 Å². The summed E-state index contributed by atoms with van der Waals surface area (Å²) in [6.45, 7) is 2.53. The minimum absolute atomic E-state index is 0.358. The predicted octanol–water partition coefficient (Wildman–Crippen LogP) is 3.44. The van der Waals surface area contributed by atoms with Crippen LogP contribution in [0.2, 0.25) is 0 Å². The fraction of sp³-hybridized carbons (Fsp3) is 0.875. The van der Waals surface area contributed by atoms with E-state index in [4.69, 9.17) is 0 Å². The lowest BCUT2D eigenvalue weighted by Gasteiger charge is -2.63. The zero-order valence-corrected chi connectivity index (χ0v) is 14.8. The van der Waals surface area contributed by atoms with Gasteiger partial charge in [-0.05, 0) is 84.2 Å². The van der Waals surface area contributed by atoms with E-state index in [1.165, 1.54) is 44.2 Å². The van der Waals surface area contributed by atoms with Gasteiger partial charge < -0.3 is 5.32 Å². The van der Waals surface area contributed by atoms with Crippen molar-refractivity contribution in [3.63, 3.8) is 0 Å². The summed E-state index contributed by atoms with van der Waals surface area (Å²) in [6, 6.07) is 0.358. The molecule has 0 aliphatic heterocycles. The third-order valence-electron chi connectivity index (χ3n) is 6.40. The first-order valence-corrected chi connectivity index (χ1v) is 8.96. The Hall–Kier alpha value is -0.420. The number of rotatable bonds is 3. The van der Waals surface area contributed by atoms with Crippen molar-refractivity contribution in [3.05, 3.63) is 10.3 Å². The molecule has 1 aromatic rings. The van der Waals surface area contributed by atoms with E-state index in [1.54, 1.807) is 0 Å². The second kappa shape index (κ2) is 4.54. The zero-order chi connectivity index (χ0) is 14.8. The first-order chi connectivity index (χ1) is 9.95. The fourth-order valence-electron chi connectivity index (χ4n) is 6.51. The summed E-state index contributed by atoms with van der Waals surface area (Å²) in [5.41, 5.74) is 2.19. The molecule has 1 aromatic heterocycles. The quantitative estimate of drug-likeness (QED) is 0.905. The molecule has 4 bridgehead atoms. The van der Waals surface area contributed by atoms with Crippen molar-refractivity contribution in [1.29, 1.82) is 0 Å². The molecule has 5 heteroatoms. The van der Waals surface area contributed by atoms with Gasteiger partial charge in [-0.25, -0.2) is 4.68 Å². The Kier molecular flexibility index (Phi) is 3.07. The molecule has 0 amide bonds. The van der Waals surface area contributed by atoms with Gasteiger partial charge in [0.05, 0.1) is 11.7 Å². The van der Waals surface area contributed by atoms with Gasteiger partial charge in [0.2, 0.25) is 0 Å². The van der Waals surface area contributed by atoms with Gasteiger partial charge in [-0.3, -0.25) is 0 Å².